The van der Waals surface area contributed by atoms with Gasteiger partial charge < -0.3 is 14.1 Å². The molecule has 4 rings (SSSR count). The number of hydrogen-bond donors (Lipinski definition) is 0. The zero-order valence-electron chi connectivity index (χ0n) is 12.6. The maximum atomic E-state index is 12.1. The highest BCUT2D eigenvalue weighted by Gasteiger charge is 2.52. The van der Waals surface area contributed by atoms with Crippen molar-refractivity contribution in [1.82, 2.24) is 9.55 Å². The molecule has 6 nitrogen and oxygen atoms in total. The summed E-state index contributed by atoms with van der Waals surface area (Å²) in [6.45, 7) is 8.43. The number of imidazole rings is 1. The van der Waals surface area contributed by atoms with E-state index in [1.165, 1.54) is 0 Å². The highest BCUT2D eigenvalue weighted by atomic mass is 16.6. The second-order valence-corrected chi connectivity index (χ2v) is 6.07. The molecule has 0 bridgehead atoms. The molecule has 0 spiro atoms. The summed E-state index contributed by atoms with van der Waals surface area (Å²) in [5.74, 6) is 0. The van der Waals surface area contributed by atoms with Crippen molar-refractivity contribution in [1.29, 1.82) is 0 Å². The number of ether oxygens (including phenoxy) is 1. The summed E-state index contributed by atoms with van der Waals surface area (Å²) in [6.07, 6.45) is 6.61. The first kappa shape index (κ1) is 13.8. The highest BCUT2D eigenvalue weighted by Crippen LogP contribution is 2.49. The van der Waals surface area contributed by atoms with Gasteiger partial charge in [0.15, 0.2) is 0 Å². The van der Waals surface area contributed by atoms with Crippen LogP contribution in [-0.4, -0.2) is 28.3 Å². The second kappa shape index (κ2) is 5.13. The number of benzene rings is 1. The summed E-state index contributed by atoms with van der Waals surface area (Å²) < 4.78 is 7.32. The summed E-state index contributed by atoms with van der Waals surface area (Å²) in [4.78, 5) is 21.5. The predicted molar refractivity (Wildman–Crippen MR) is 83.8 cm³/mol. The molecule has 1 aliphatic carbocycles. The molecule has 1 aromatic carbocycles. The van der Waals surface area contributed by atoms with Gasteiger partial charge in [-0.3, -0.25) is 4.90 Å². The number of hydrogen-bond acceptors (Lipinski definition) is 3. The van der Waals surface area contributed by atoms with Crippen molar-refractivity contribution in [2.24, 2.45) is 0 Å². The maximum Gasteiger partial charge on any atom is 0.414 e. The molecule has 6 heteroatoms. The van der Waals surface area contributed by atoms with E-state index in [1.807, 2.05) is 35.0 Å². The lowest BCUT2D eigenvalue weighted by molar-refractivity contribution is 0.132. The zero-order chi connectivity index (χ0) is 15.9. The number of cyclic esters (lactones) is 1. The lowest BCUT2D eigenvalue weighted by Crippen LogP contribution is -2.25. The first-order chi connectivity index (χ1) is 11.2. The van der Waals surface area contributed by atoms with Crippen molar-refractivity contribution in [2.75, 3.05) is 11.4 Å². The lowest BCUT2D eigenvalue weighted by Gasteiger charge is -2.14. The minimum Gasteiger partial charge on any atom is -0.442 e. The van der Waals surface area contributed by atoms with Crippen molar-refractivity contribution >= 4 is 11.8 Å². The van der Waals surface area contributed by atoms with E-state index in [0.717, 1.165) is 24.1 Å². The monoisotopic (exact) mass is 308 g/mol. The summed E-state index contributed by atoms with van der Waals surface area (Å²) in [6, 6.07) is 7.72. The maximum absolute atomic E-state index is 12.1. The van der Waals surface area contributed by atoms with Gasteiger partial charge in [0.25, 0.3) is 5.54 Å². The Hall–Kier alpha value is -2.81. The molecule has 1 saturated heterocycles. The Morgan fingerprint density at radius 2 is 2.13 bits per heavy atom. The Morgan fingerprint density at radius 1 is 1.35 bits per heavy atom. The molecule has 0 unspecified atom stereocenters. The number of rotatable bonds is 4. The fourth-order valence-corrected chi connectivity index (χ4v) is 2.99. The molecule has 2 aromatic rings. The van der Waals surface area contributed by atoms with E-state index in [-0.39, 0.29) is 17.7 Å². The van der Waals surface area contributed by atoms with Gasteiger partial charge in [0.1, 0.15) is 6.10 Å². The average molecular weight is 308 g/mol. The van der Waals surface area contributed by atoms with E-state index >= 15 is 0 Å². The number of nitrogens with zero attached hydrogens (tertiary/aromatic N) is 4. The van der Waals surface area contributed by atoms with Crippen molar-refractivity contribution in [3.05, 3.63) is 60.0 Å². The largest absolute Gasteiger partial charge is 0.442 e. The van der Waals surface area contributed by atoms with Gasteiger partial charge in [-0.1, -0.05) is 0 Å². The molecule has 2 fully saturated rings. The molecular weight excluding hydrogens is 292 g/mol. The van der Waals surface area contributed by atoms with Crippen molar-refractivity contribution in [3.63, 3.8) is 0 Å². The van der Waals surface area contributed by atoms with Gasteiger partial charge in [0.05, 0.1) is 19.4 Å². The van der Waals surface area contributed by atoms with Crippen LogP contribution < -0.4 is 4.90 Å². The van der Waals surface area contributed by atoms with E-state index in [9.17, 15) is 4.79 Å². The standard InChI is InChI=1S/C17H16N4O2/c1-18-17(6-7-17)13-2-4-14(5-3-13)21-11-15(23-16(21)22)10-20-9-8-19-12-20/h2-5,8-9,12,15H,6-7,10-11H2/t15-/m0/s1. The predicted octanol–water partition coefficient (Wildman–Crippen LogP) is 2.82. The quantitative estimate of drug-likeness (QED) is 0.816. The Bertz CT molecular complexity index is 757. The molecule has 1 saturated carbocycles. The number of carbonyl (C=O) groups is 1. The third kappa shape index (κ3) is 2.44. The molecule has 116 valence electrons. The van der Waals surface area contributed by atoms with E-state index < -0.39 is 0 Å². The van der Waals surface area contributed by atoms with Gasteiger partial charge in [-0.05, 0) is 24.3 Å². The first-order valence-corrected chi connectivity index (χ1v) is 7.63. The van der Waals surface area contributed by atoms with Crippen LogP contribution in [0.3, 0.4) is 0 Å². The fourth-order valence-electron chi connectivity index (χ4n) is 2.99. The number of carbonyl (C=O) groups excluding carboxylic acids is 1. The topological polar surface area (TPSA) is 51.7 Å². The van der Waals surface area contributed by atoms with Crippen LogP contribution in [0.2, 0.25) is 0 Å². The van der Waals surface area contributed by atoms with Crippen LogP contribution in [0, 0.1) is 6.57 Å². The first-order valence-electron chi connectivity index (χ1n) is 7.63. The molecule has 1 aromatic heterocycles. The second-order valence-electron chi connectivity index (χ2n) is 6.07. The van der Waals surface area contributed by atoms with Crippen molar-refractivity contribution < 1.29 is 9.53 Å². The minimum atomic E-state index is -0.325. The van der Waals surface area contributed by atoms with Gasteiger partial charge in [-0.15, -0.1) is 0 Å². The summed E-state index contributed by atoms with van der Waals surface area (Å²) in [5, 5.41) is 0. The number of anilines is 1. The molecule has 1 atom stereocenters. The molecule has 1 amide bonds. The third-order valence-electron chi connectivity index (χ3n) is 4.50. The van der Waals surface area contributed by atoms with Crippen LogP contribution in [-0.2, 0) is 16.8 Å². The van der Waals surface area contributed by atoms with Crippen LogP contribution in [0.15, 0.2) is 43.0 Å². The van der Waals surface area contributed by atoms with Crippen LogP contribution in [0.4, 0.5) is 10.5 Å². The van der Waals surface area contributed by atoms with Gasteiger partial charge in [-0.2, -0.15) is 0 Å². The van der Waals surface area contributed by atoms with E-state index in [0.29, 0.717) is 13.1 Å². The SMILES string of the molecule is [C-]#[N+]C1(c2ccc(N3C[C@H](Cn4ccnc4)OC3=O)cc2)CC1. The zero-order valence-corrected chi connectivity index (χ0v) is 12.6. The third-order valence-corrected chi connectivity index (χ3v) is 4.50. The van der Waals surface area contributed by atoms with Crippen LogP contribution in [0.1, 0.15) is 18.4 Å². The van der Waals surface area contributed by atoms with E-state index in [1.54, 1.807) is 17.4 Å². The highest BCUT2D eigenvalue weighted by molar-refractivity contribution is 5.89. The summed E-state index contributed by atoms with van der Waals surface area (Å²) in [5.41, 5.74) is 1.54. The molecule has 0 radical (unpaired) electrons. The van der Waals surface area contributed by atoms with Gasteiger partial charge in [0, 0.05) is 36.5 Å². The molecule has 23 heavy (non-hydrogen) atoms. The molecule has 2 aliphatic rings. The van der Waals surface area contributed by atoms with Crippen LogP contribution >= 0.6 is 0 Å². The van der Waals surface area contributed by atoms with Gasteiger partial charge in [-0.25, -0.2) is 16.4 Å². The van der Waals surface area contributed by atoms with Gasteiger partial charge >= 0.3 is 6.09 Å². The smallest absolute Gasteiger partial charge is 0.414 e. The Labute approximate surface area is 134 Å². The van der Waals surface area contributed by atoms with Crippen LogP contribution in [0.25, 0.3) is 4.85 Å². The number of aromatic nitrogens is 2. The Kier molecular flexibility index (Phi) is 3.08. The Morgan fingerprint density at radius 3 is 2.74 bits per heavy atom. The molecule has 2 heterocycles. The van der Waals surface area contributed by atoms with Crippen LogP contribution in [0.5, 0.6) is 0 Å². The number of amides is 1. The van der Waals surface area contributed by atoms with Gasteiger partial charge in [0.2, 0.25) is 0 Å². The Balaban J connectivity index is 1.48. The average Bonchev–Trinajstić information content (AvgIpc) is 3.05. The summed E-state index contributed by atoms with van der Waals surface area (Å²) >= 11 is 0. The van der Waals surface area contributed by atoms with E-state index in [4.69, 9.17) is 11.3 Å². The normalized spacial score (nSPS) is 21.8. The minimum absolute atomic E-state index is 0.186. The summed E-state index contributed by atoms with van der Waals surface area (Å²) in [7, 11) is 0. The molecular formula is C17H16N4O2. The molecule has 1 aliphatic heterocycles. The molecule has 0 N–H and O–H groups in total. The van der Waals surface area contributed by atoms with Crippen molar-refractivity contribution in [3.8, 4) is 0 Å². The lowest BCUT2D eigenvalue weighted by atomic mass is 10.1. The van der Waals surface area contributed by atoms with Crippen molar-refractivity contribution in [2.45, 2.75) is 31.0 Å². The fraction of sp³-hybridized carbons (Fsp3) is 0.353. The van der Waals surface area contributed by atoms with E-state index in [2.05, 4.69) is 9.83 Å².